The lowest BCUT2D eigenvalue weighted by Gasteiger charge is -2.39. The Kier molecular flexibility index (Phi) is 7.39. The van der Waals surface area contributed by atoms with Crippen molar-refractivity contribution in [3.8, 4) is 17.0 Å². The van der Waals surface area contributed by atoms with Crippen molar-refractivity contribution in [1.82, 2.24) is 10.1 Å². The first-order valence-corrected chi connectivity index (χ1v) is 10.9. The zero-order chi connectivity index (χ0) is 23.4. The molecule has 0 N–H and O–H groups in total. The van der Waals surface area contributed by atoms with Gasteiger partial charge in [-0.1, -0.05) is 5.16 Å². The number of esters is 3. The van der Waals surface area contributed by atoms with Crippen molar-refractivity contribution < 1.29 is 37.9 Å². The number of hydrogen-bond acceptors (Lipinski definition) is 11. The van der Waals surface area contributed by atoms with Crippen molar-refractivity contribution in [2.24, 2.45) is 0 Å². The van der Waals surface area contributed by atoms with Crippen molar-refractivity contribution in [3.05, 3.63) is 29.8 Å². The number of carbonyl (C=O) groups excluding carboxylic acids is 3. The van der Waals surface area contributed by atoms with E-state index in [9.17, 15) is 14.4 Å². The van der Waals surface area contributed by atoms with Gasteiger partial charge in [0.2, 0.25) is 0 Å². The molecule has 1 saturated heterocycles. The predicted molar refractivity (Wildman–Crippen MR) is 113 cm³/mol. The highest BCUT2D eigenvalue weighted by Crippen LogP contribution is 2.34. The number of pyridine rings is 1. The first kappa shape index (κ1) is 23.6. The summed E-state index contributed by atoms with van der Waals surface area (Å²) in [7, 11) is 0. The van der Waals surface area contributed by atoms with Crippen LogP contribution in [-0.2, 0) is 28.6 Å². The van der Waals surface area contributed by atoms with Crippen LogP contribution in [0.15, 0.2) is 22.9 Å². The van der Waals surface area contributed by atoms with Crippen molar-refractivity contribution in [3.63, 3.8) is 0 Å². The summed E-state index contributed by atoms with van der Waals surface area (Å²) in [6, 6.07) is 3.49. The summed E-state index contributed by atoms with van der Waals surface area (Å²) >= 11 is 1.28. The molecule has 1 aliphatic heterocycles. The molecule has 0 radical (unpaired) electrons. The second-order valence-electron chi connectivity index (χ2n) is 7.19. The normalized spacial score (nSPS) is 22.7. The van der Waals surface area contributed by atoms with E-state index in [4.69, 9.17) is 23.5 Å². The number of ether oxygens (including phenoxy) is 4. The molecule has 2 aromatic rings. The molecule has 0 amide bonds. The lowest BCUT2D eigenvalue weighted by atomic mass is 10.1. The molecular formula is C21H24N2O8S. The molecular weight excluding hydrogens is 440 g/mol. The van der Waals surface area contributed by atoms with Gasteiger partial charge >= 0.3 is 17.9 Å². The number of aryl methyl sites for hydroxylation is 2. The Balaban J connectivity index is 1.82. The van der Waals surface area contributed by atoms with Gasteiger partial charge in [0.15, 0.2) is 23.7 Å². The van der Waals surface area contributed by atoms with Crippen molar-refractivity contribution in [2.75, 3.05) is 5.75 Å². The second-order valence-corrected chi connectivity index (χ2v) is 8.33. The average Bonchev–Trinajstić information content (AvgIpc) is 3.04. The van der Waals surface area contributed by atoms with Crippen LogP contribution in [0.2, 0.25) is 0 Å². The largest absolute Gasteiger partial charge is 0.474 e. The van der Waals surface area contributed by atoms with E-state index in [1.807, 2.05) is 6.92 Å². The monoisotopic (exact) mass is 464 g/mol. The smallest absolute Gasteiger partial charge is 0.303 e. The maximum absolute atomic E-state index is 11.7. The van der Waals surface area contributed by atoms with E-state index in [2.05, 4.69) is 10.1 Å². The van der Waals surface area contributed by atoms with E-state index in [1.165, 1.54) is 38.7 Å². The number of rotatable bonds is 6. The van der Waals surface area contributed by atoms with Crippen LogP contribution in [0.25, 0.3) is 11.3 Å². The highest BCUT2D eigenvalue weighted by molar-refractivity contribution is 7.99. The Bertz CT molecular complexity index is 971. The summed E-state index contributed by atoms with van der Waals surface area (Å²) in [5, 5.41) is 3.93. The van der Waals surface area contributed by atoms with E-state index < -0.39 is 41.7 Å². The molecule has 0 aliphatic carbocycles. The zero-order valence-corrected chi connectivity index (χ0v) is 19.1. The highest BCUT2D eigenvalue weighted by atomic mass is 32.2. The number of hydrogen-bond donors (Lipinski definition) is 0. The molecule has 172 valence electrons. The molecule has 0 bridgehead atoms. The maximum Gasteiger partial charge on any atom is 0.303 e. The molecule has 4 atom stereocenters. The number of nitrogens with zero attached hydrogens (tertiary/aromatic N) is 2. The van der Waals surface area contributed by atoms with Gasteiger partial charge in [0.1, 0.15) is 11.5 Å². The molecule has 3 rings (SSSR count). The predicted octanol–water partition coefficient (Wildman–Crippen LogP) is 2.60. The molecule has 0 unspecified atom stereocenters. The van der Waals surface area contributed by atoms with Gasteiger partial charge in [-0.3, -0.25) is 19.4 Å². The third-order valence-electron chi connectivity index (χ3n) is 4.58. The molecule has 1 aliphatic rings. The standard InChI is InChI=1S/C21H24N2O8S/c1-10-18(11(2)31-23-10)16-7-6-15(8-22-16)30-21-20(29-14(5)26)19(28-13(4)25)17(9-32-21)27-12(3)24/h6-8,17,19-21H,9H2,1-5H3/t17-,19+,20-,21+/m1/s1. The molecule has 32 heavy (non-hydrogen) atoms. The van der Waals surface area contributed by atoms with Gasteiger partial charge in [-0.2, -0.15) is 0 Å². The summed E-state index contributed by atoms with van der Waals surface area (Å²) < 4.78 is 27.3. The summed E-state index contributed by atoms with van der Waals surface area (Å²) in [5.74, 6) is -0.361. The Labute approximate surface area is 188 Å². The first-order chi connectivity index (χ1) is 15.2. The van der Waals surface area contributed by atoms with Crippen LogP contribution < -0.4 is 4.74 Å². The van der Waals surface area contributed by atoms with E-state index in [-0.39, 0.29) is 5.75 Å². The summed E-state index contributed by atoms with van der Waals surface area (Å²) in [5.41, 5.74) is 1.48. The Morgan fingerprint density at radius 1 is 1.00 bits per heavy atom. The molecule has 10 nitrogen and oxygen atoms in total. The van der Waals surface area contributed by atoms with Crippen LogP contribution in [0.1, 0.15) is 32.2 Å². The minimum atomic E-state index is -1.01. The van der Waals surface area contributed by atoms with Gasteiger partial charge in [-0.15, -0.1) is 11.8 Å². The van der Waals surface area contributed by atoms with Gasteiger partial charge in [0.25, 0.3) is 0 Å². The summed E-state index contributed by atoms with van der Waals surface area (Å²) in [6.07, 6.45) is -1.26. The second kappa shape index (κ2) is 10.0. The minimum absolute atomic E-state index is 0.282. The molecule has 0 aromatic carbocycles. The molecule has 3 heterocycles. The Morgan fingerprint density at radius 3 is 2.19 bits per heavy atom. The fourth-order valence-corrected chi connectivity index (χ4v) is 4.61. The van der Waals surface area contributed by atoms with Crippen LogP contribution >= 0.6 is 11.8 Å². The van der Waals surface area contributed by atoms with Crippen LogP contribution in [0, 0.1) is 13.8 Å². The average molecular weight is 464 g/mol. The highest BCUT2D eigenvalue weighted by Gasteiger charge is 2.47. The van der Waals surface area contributed by atoms with Crippen LogP contribution in [0.5, 0.6) is 5.75 Å². The van der Waals surface area contributed by atoms with Gasteiger partial charge in [-0.25, -0.2) is 0 Å². The number of carbonyl (C=O) groups is 3. The molecule has 0 spiro atoms. The lowest BCUT2D eigenvalue weighted by Crippen LogP contribution is -2.55. The topological polar surface area (TPSA) is 127 Å². The van der Waals surface area contributed by atoms with Gasteiger partial charge in [0, 0.05) is 26.5 Å². The minimum Gasteiger partial charge on any atom is -0.474 e. The lowest BCUT2D eigenvalue weighted by molar-refractivity contribution is -0.186. The zero-order valence-electron chi connectivity index (χ0n) is 18.3. The van der Waals surface area contributed by atoms with Crippen molar-refractivity contribution in [1.29, 1.82) is 0 Å². The van der Waals surface area contributed by atoms with Crippen LogP contribution in [-0.4, -0.2) is 57.5 Å². The fraction of sp³-hybridized carbons (Fsp3) is 0.476. The SMILES string of the molecule is CC(=O)O[C@@H]1[C@@H](OC(C)=O)[C@@H](Oc2ccc(-c3c(C)noc3C)nc2)SC[C@H]1OC(C)=O. The third kappa shape index (κ3) is 5.58. The van der Waals surface area contributed by atoms with Crippen molar-refractivity contribution in [2.45, 2.75) is 58.4 Å². The Hall–Kier alpha value is -3.08. The maximum atomic E-state index is 11.7. The van der Waals surface area contributed by atoms with Crippen LogP contribution in [0.4, 0.5) is 0 Å². The van der Waals surface area contributed by atoms with Crippen molar-refractivity contribution >= 4 is 29.7 Å². The Morgan fingerprint density at radius 2 is 1.66 bits per heavy atom. The fourth-order valence-electron chi connectivity index (χ4n) is 3.39. The molecule has 0 saturated carbocycles. The first-order valence-electron chi connectivity index (χ1n) is 9.85. The summed E-state index contributed by atoms with van der Waals surface area (Å²) in [4.78, 5) is 39.3. The van der Waals surface area contributed by atoms with Gasteiger partial charge < -0.3 is 23.5 Å². The van der Waals surface area contributed by atoms with E-state index in [0.717, 1.165) is 11.3 Å². The van der Waals surface area contributed by atoms with E-state index in [0.29, 0.717) is 17.2 Å². The van der Waals surface area contributed by atoms with E-state index in [1.54, 1.807) is 19.1 Å². The third-order valence-corrected chi connectivity index (χ3v) is 5.80. The molecule has 1 fully saturated rings. The number of thioether (sulfide) groups is 1. The van der Waals surface area contributed by atoms with Gasteiger partial charge in [-0.05, 0) is 26.0 Å². The number of aromatic nitrogens is 2. The molecule has 2 aromatic heterocycles. The van der Waals surface area contributed by atoms with Crippen LogP contribution in [0.3, 0.4) is 0 Å². The quantitative estimate of drug-likeness (QED) is 0.462. The molecule has 11 heteroatoms. The summed E-state index contributed by atoms with van der Waals surface area (Å²) in [6.45, 7) is 7.35. The van der Waals surface area contributed by atoms with Gasteiger partial charge in [0.05, 0.1) is 23.1 Å². The van der Waals surface area contributed by atoms with E-state index >= 15 is 0 Å².